The van der Waals surface area contributed by atoms with E-state index in [1.54, 1.807) is 0 Å². The van der Waals surface area contributed by atoms with Crippen LogP contribution in [0.2, 0.25) is 0 Å². The van der Waals surface area contributed by atoms with Crippen molar-refractivity contribution in [2.75, 3.05) is 33.2 Å². The minimum atomic E-state index is 0.174. The Hall–Kier alpha value is -1.35. The molecule has 0 bridgehead atoms. The number of likely N-dealkylation sites (N-methyl/N-ethyl adjacent to an activating group) is 1. The summed E-state index contributed by atoms with van der Waals surface area (Å²) >= 11 is 0. The van der Waals surface area contributed by atoms with Crippen molar-refractivity contribution in [3.63, 3.8) is 0 Å². The second-order valence-electron chi connectivity index (χ2n) is 5.36. The number of carbonyl (C=O) groups excluding carboxylic acids is 1. The highest BCUT2D eigenvalue weighted by atomic mass is 16.2. The largest absolute Gasteiger partial charge is 0.336 e. The maximum Gasteiger partial charge on any atom is 0.253 e. The van der Waals surface area contributed by atoms with Crippen molar-refractivity contribution in [2.24, 2.45) is 0 Å². The van der Waals surface area contributed by atoms with Crippen molar-refractivity contribution in [1.29, 1.82) is 0 Å². The monoisotopic (exact) mass is 306 g/mol. The molecule has 126 valence electrons. The molecule has 1 saturated heterocycles. The highest BCUT2D eigenvalue weighted by molar-refractivity contribution is 5.94. The van der Waals surface area contributed by atoms with Crippen molar-refractivity contribution in [3.8, 4) is 0 Å². The first-order valence-electron chi connectivity index (χ1n) is 8.69. The van der Waals surface area contributed by atoms with E-state index in [0.29, 0.717) is 0 Å². The standard InChI is InChI=1S/C14H20N2O.C3H8.C2H6/c1-3-12-5-4-6-13(11-12)14(17)16-9-7-15(2)8-10-16;1-3-2;1-2/h4-6,11H,3,7-10H2,1-2H3;3H2,1-2H3;1-2H3. The van der Waals surface area contributed by atoms with Crippen LogP contribution in [0.25, 0.3) is 0 Å². The second kappa shape index (κ2) is 12.2. The summed E-state index contributed by atoms with van der Waals surface area (Å²) in [4.78, 5) is 16.5. The molecule has 1 heterocycles. The zero-order valence-corrected chi connectivity index (χ0v) is 15.4. The fourth-order valence-corrected chi connectivity index (χ4v) is 2.12. The quantitative estimate of drug-likeness (QED) is 0.822. The average Bonchev–Trinajstić information content (AvgIpc) is 2.57. The number of piperazine rings is 1. The van der Waals surface area contributed by atoms with Crippen LogP contribution in [0.3, 0.4) is 0 Å². The van der Waals surface area contributed by atoms with E-state index in [0.717, 1.165) is 38.2 Å². The normalized spacial score (nSPS) is 14.4. The Bertz CT molecular complexity index is 410. The fraction of sp³-hybridized carbons (Fsp3) is 0.632. The predicted octanol–water partition coefficient (Wildman–Crippen LogP) is 4.08. The molecule has 1 aromatic carbocycles. The molecule has 0 aromatic heterocycles. The van der Waals surface area contributed by atoms with Gasteiger partial charge >= 0.3 is 0 Å². The van der Waals surface area contributed by atoms with Gasteiger partial charge in [-0.05, 0) is 31.2 Å². The summed E-state index contributed by atoms with van der Waals surface area (Å²) in [6, 6.07) is 7.98. The molecule has 0 radical (unpaired) electrons. The highest BCUT2D eigenvalue weighted by Crippen LogP contribution is 2.10. The van der Waals surface area contributed by atoms with Gasteiger partial charge in [0.2, 0.25) is 0 Å². The Morgan fingerprint density at radius 3 is 2.09 bits per heavy atom. The Kier molecular flexibility index (Phi) is 11.5. The van der Waals surface area contributed by atoms with Gasteiger partial charge in [0.25, 0.3) is 5.91 Å². The summed E-state index contributed by atoms with van der Waals surface area (Å²) in [6.07, 6.45) is 2.23. The van der Waals surface area contributed by atoms with Gasteiger partial charge in [0.05, 0.1) is 0 Å². The van der Waals surface area contributed by atoms with Crippen molar-refractivity contribution < 1.29 is 4.79 Å². The van der Waals surface area contributed by atoms with E-state index in [2.05, 4.69) is 38.8 Å². The number of hydrogen-bond donors (Lipinski definition) is 0. The molecule has 0 saturated carbocycles. The Labute approximate surface area is 137 Å². The Morgan fingerprint density at radius 2 is 1.59 bits per heavy atom. The minimum Gasteiger partial charge on any atom is -0.336 e. The van der Waals surface area contributed by atoms with Crippen LogP contribution >= 0.6 is 0 Å². The minimum absolute atomic E-state index is 0.174. The number of benzene rings is 1. The lowest BCUT2D eigenvalue weighted by atomic mass is 10.1. The Morgan fingerprint density at radius 1 is 1.05 bits per heavy atom. The van der Waals surface area contributed by atoms with E-state index in [4.69, 9.17) is 0 Å². The molecule has 0 N–H and O–H groups in total. The molecule has 22 heavy (non-hydrogen) atoms. The number of aryl methyl sites for hydroxylation is 1. The van der Waals surface area contributed by atoms with Crippen LogP contribution in [0.5, 0.6) is 0 Å². The van der Waals surface area contributed by atoms with E-state index in [9.17, 15) is 4.79 Å². The summed E-state index contributed by atoms with van der Waals surface area (Å²) in [5.41, 5.74) is 2.05. The first-order chi connectivity index (χ1) is 10.6. The Balaban J connectivity index is 0.000000789. The van der Waals surface area contributed by atoms with Crippen molar-refractivity contribution >= 4 is 5.91 Å². The molecular weight excluding hydrogens is 272 g/mol. The summed E-state index contributed by atoms with van der Waals surface area (Å²) in [6.45, 7) is 14.0. The zero-order valence-electron chi connectivity index (χ0n) is 15.4. The van der Waals surface area contributed by atoms with E-state index in [-0.39, 0.29) is 5.91 Å². The molecule has 0 spiro atoms. The second-order valence-corrected chi connectivity index (χ2v) is 5.36. The SMILES string of the molecule is CC.CCC.CCc1cccc(C(=O)N2CCN(C)CC2)c1. The molecule has 1 amide bonds. The number of rotatable bonds is 2. The van der Waals surface area contributed by atoms with Gasteiger partial charge in [0.1, 0.15) is 0 Å². The topological polar surface area (TPSA) is 23.6 Å². The van der Waals surface area contributed by atoms with Crippen LogP contribution in [0.4, 0.5) is 0 Å². The third kappa shape index (κ3) is 7.08. The first-order valence-corrected chi connectivity index (χ1v) is 8.69. The maximum absolute atomic E-state index is 12.3. The van der Waals surface area contributed by atoms with Gasteiger partial charge in [-0.2, -0.15) is 0 Å². The maximum atomic E-state index is 12.3. The van der Waals surface area contributed by atoms with Crippen LogP contribution in [-0.2, 0) is 6.42 Å². The molecule has 1 fully saturated rings. The van der Waals surface area contributed by atoms with Gasteiger partial charge in [-0.15, -0.1) is 0 Å². The van der Waals surface area contributed by atoms with Crippen LogP contribution in [0.15, 0.2) is 24.3 Å². The summed E-state index contributed by atoms with van der Waals surface area (Å²) < 4.78 is 0. The summed E-state index contributed by atoms with van der Waals surface area (Å²) in [5.74, 6) is 0.174. The van der Waals surface area contributed by atoms with Crippen LogP contribution in [0, 0.1) is 0 Å². The lowest BCUT2D eigenvalue weighted by molar-refractivity contribution is 0.0664. The van der Waals surface area contributed by atoms with Gasteiger partial charge < -0.3 is 9.80 Å². The summed E-state index contributed by atoms with van der Waals surface area (Å²) in [5, 5.41) is 0. The van der Waals surface area contributed by atoms with E-state index in [1.807, 2.05) is 36.9 Å². The van der Waals surface area contributed by atoms with E-state index < -0.39 is 0 Å². The van der Waals surface area contributed by atoms with Gasteiger partial charge in [0, 0.05) is 31.7 Å². The summed E-state index contributed by atoms with van der Waals surface area (Å²) in [7, 11) is 2.10. The van der Waals surface area contributed by atoms with E-state index in [1.165, 1.54) is 12.0 Å². The lowest BCUT2D eigenvalue weighted by Gasteiger charge is -2.32. The van der Waals surface area contributed by atoms with Crippen molar-refractivity contribution in [2.45, 2.75) is 47.5 Å². The van der Waals surface area contributed by atoms with Crippen LogP contribution in [0.1, 0.15) is 57.0 Å². The third-order valence-electron chi connectivity index (χ3n) is 3.37. The van der Waals surface area contributed by atoms with Gasteiger partial charge in [-0.25, -0.2) is 0 Å². The van der Waals surface area contributed by atoms with Crippen molar-refractivity contribution in [1.82, 2.24) is 9.80 Å². The van der Waals surface area contributed by atoms with Gasteiger partial charge in [0.15, 0.2) is 0 Å². The van der Waals surface area contributed by atoms with Gasteiger partial charge in [-0.3, -0.25) is 4.79 Å². The smallest absolute Gasteiger partial charge is 0.253 e. The molecule has 0 unspecified atom stereocenters. The molecule has 3 nitrogen and oxygen atoms in total. The van der Waals surface area contributed by atoms with Crippen molar-refractivity contribution in [3.05, 3.63) is 35.4 Å². The average molecular weight is 306 g/mol. The predicted molar refractivity (Wildman–Crippen MR) is 96.5 cm³/mol. The van der Waals surface area contributed by atoms with Gasteiger partial charge in [-0.1, -0.05) is 53.2 Å². The number of nitrogens with zero attached hydrogens (tertiary/aromatic N) is 2. The zero-order chi connectivity index (χ0) is 17.0. The van der Waals surface area contributed by atoms with Crippen LogP contribution < -0.4 is 0 Å². The molecule has 1 aliphatic rings. The molecule has 2 rings (SSSR count). The highest BCUT2D eigenvalue weighted by Gasteiger charge is 2.20. The molecule has 1 aliphatic heterocycles. The molecule has 0 aliphatic carbocycles. The van der Waals surface area contributed by atoms with E-state index >= 15 is 0 Å². The third-order valence-corrected chi connectivity index (χ3v) is 3.37. The number of carbonyl (C=O) groups is 1. The molecule has 3 heteroatoms. The number of hydrogen-bond acceptors (Lipinski definition) is 2. The molecule has 1 aromatic rings. The first kappa shape index (κ1) is 20.6. The fourth-order valence-electron chi connectivity index (χ4n) is 2.12. The number of amides is 1. The van der Waals surface area contributed by atoms with Crippen LogP contribution in [-0.4, -0.2) is 48.9 Å². The molecule has 0 atom stereocenters. The molecular formula is C19H34N2O. The lowest BCUT2D eigenvalue weighted by Crippen LogP contribution is -2.47.